The highest BCUT2D eigenvalue weighted by Gasteiger charge is 2.22. The Balaban J connectivity index is 1.73. The second-order valence-corrected chi connectivity index (χ2v) is 8.36. The number of anilines is 2. The summed E-state index contributed by atoms with van der Waals surface area (Å²) in [5.41, 5.74) is 4.83. The quantitative estimate of drug-likeness (QED) is 0.435. The minimum atomic E-state index is -0.0704. The van der Waals surface area contributed by atoms with Crippen LogP contribution in [0.5, 0.6) is 0 Å². The van der Waals surface area contributed by atoms with Gasteiger partial charge in [0.1, 0.15) is 0 Å². The molecule has 0 atom stereocenters. The summed E-state index contributed by atoms with van der Waals surface area (Å²) in [7, 11) is 3.97. The molecule has 0 bridgehead atoms. The largest absolute Gasteiger partial charge is 0.378 e. The molecular formula is C24H24N4OS. The van der Waals surface area contributed by atoms with Gasteiger partial charge >= 0.3 is 0 Å². The van der Waals surface area contributed by atoms with Crippen molar-refractivity contribution in [3.63, 3.8) is 0 Å². The number of nitrogens with zero attached hydrogens (tertiary/aromatic N) is 4. The van der Waals surface area contributed by atoms with Gasteiger partial charge in [-0.2, -0.15) is 0 Å². The summed E-state index contributed by atoms with van der Waals surface area (Å²) in [6.45, 7) is 2.56. The Bertz CT molecular complexity index is 1150. The lowest BCUT2D eigenvalue weighted by Gasteiger charge is -2.20. The average Bonchev–Trinajstić information content (AvgIpc) is 3.20. The van der Waals surface area contributed by atoms with Gasteiger partial charge in [-0.1, -0.05) is 30.4 Å². The average molecular weight is 417 g/mol. The number of aromatic nitrogens is 2. The molecule has 4 rings (SSSR count). The third kappa shape index (κ3) is 4.19. The molecule has 2 heterocycles. The maximum atomic E-state index is 13.5. The minimum absolute atomic E-state index is 0.0704. The Morgan fingerprint density at radius 3 is 2.50 bits per heavy atom. The lowest BCUT2D eigenvalue weighted by atomic mass is 10.1. The molecule has 0 spiro atoms. The van der Waals surface area contributed by atoms with E-state index in [0.717, 1.165) is 27.9 Å². The van der Waals surface area contributed by atoms with Crippen LogP contribution in [0.3, 0.4) is 0 Å². The molecule has 0 aliphatic rings. The number of hydrogen-bond donors (Lipinski definition) is 0. The molecule has 2 aromatic carbocycles. The van der Waals surface area contributed by atoms with E-state index in [4.69, 9.17) is 4.98 Å². The van der Waals surface area contributed by atoms with Crippen LogP contribution in [0.15, 0.2) is 67.0 Å². The number of amides is 1. The molecule has 0 aliphatic carbocycles. The number of aryl methyl sites for hydroxylation is 1. The zero-order chi connectivity index (χ0) is 21.1. The minimum Gasteiger partial charge on any atom is -0.378 e. The number of hydrogen-bond acceptors (Lipinski definition) is 5. The Morgan fingerprint density at radius 1 is 1.03 bits per heavy atom. The van der Waals surface area contributed by atoms with Gasteiger partial charge in [0, 0.05) is 37.7 Å². The third-order valence-electron chi connectivity index (χ3n) is 5.02. The predicted octanol–water partition coefficient (Wildman–Crippen LogP) is 5.17. The van der Waals surface area contributed by atoms with E-state index in [1.165, 1.54) is 5.56 Å². The second-order valence-electron chi connectivity index (χ2n) is 7.35. The van der Waals surface area contributed by atoms with Gasteiger partial charge in [-0.15, -0.1) is 0 Å². The van der Waals surface area contributed by atoms with E-state index in [9.17, 15) is 4.79 Å². The Morgan fingerprint density at radius 2 is 1.83 bits per heavy atom. The van der Waals surface area contributed by atoms with Crippen LogP contribution in [0.2, 0.25) is 0 Å². The summed E-state index contributed by atoms with van der Waals surface area (Å²) in [6.07, 6.45) is 4.50. The first-order valence-electron chi connectivity index (χ1n) is 9.93. The molecule has 152 valence electrons. The van der Waals surface area contributed by atoms with Gasteiger partial charge in [0.25, 0.3) is 5.91 Å². The topological polar surface area (TPSA) is 49.3 Å². The molecule has 1 amide bonds. The Hall–Kier alpha value is -3.25. The van der Waals surface area contributed by atoms with Crippen LogP contribution >= 0.6 is 11.3 Å². The van der Waals surface area contributed by atoms with Crippen LogP contribution in [0.25, 0.3) is 10.2 Å². The summed E-state index contributed by atoms with van der Waals surface area (Å²) in [4.78, 5) is 26.2. The maximum absolute atomic E-state index is 13.5. The molecule has 0 saturated carbocycles. The Labute approximate surface area is 180 Å². The van der Waals surface area contributed by atoms with Gasteiger partial charge in [-0.3, -0.25) is 14.7 Å². The zero-order valence-electron chi connectivity index (χ0n) is 17.4. The second kappa shape index (κ2) is 8.63. The number of thiazole rings is 1. The van der Waals surface area contributed by atoms with Crippen molar-refractivity contribution >= 4 is 38.3 Å². The molecule has 0 aliphatic heterocycles. The van der Waals surface area contributed by atoms with E-state index in [2.05, 4.69) is 24.0 Å². The first kappa shape index (κ1) is 20.0. The van der Waals surface area contributed by atoms with E-state index in [1.807, 2.05) is 61.5 Å². The molecule has 5 nitrogen and oxygen atoms in total. The van der Waals surface area contributed by atoms with E-state index in [1.54, 1.807) is 28.6 Å². The van der Waals surface area contributed by atoms with Gasteiger partial charge in [0.2, 0.25) is 0 Å². The van der Waals surface area contributed by atoms with Crippen molar-refractivity contribution in [3.8, 4) is 0 Å². The van der Waals surface area contributed by atoms with E-state index in [0.29, 0.717) is 17.2 Å². The maximum Gasteiger partial charge on any atom is 0.260 e. The van der Waals surface area contributed by atoms with Crippen LogP contribution in [-0.2, 0) is 13.0 Å². The first-order valence-corrected chi connectivity index (χ1v) is 10.7. The highest BCUT2D eigenvalue weighted by molar-refractivity contribution is 7.22. The summed E-state index contributed by atoms with van der Waals surface area (Å²) < 4.78 is 1.09. The van der Waals surface area contributed by atoms with Crippen LogP contribution in [0.1, 0.15) is 28.4 Å². The van der Waals surface area contributed by atoms with Crippen molar-refractivity contribution in [1.82, 2.24) is 9.97 Å². The lowest BCUT2D eigenvalue weighted by Crippen LogP contribution is -2.30. The number of rotatable bonds is 6. The summed E-state index contributed by atoms with van der Waals surface area (Å²) in [5.74, 6) is -0.0704. The predicted molar refractivity (Wildman–Crippen MR) is 125 cm³/mol. The highest BCUT2D eigenvalue weighted by Crippen LogP contribution is 2.31. The van der Waals surface area contributed by atoms with Crippen molar-refractivity contribution in [2.45, 2.75) is 19.9 Å². The van der Waals surface area contributed by atoms with Crippen LogP contribution in [0, 0.1) is 0 Å². The third-order valence-corrected chi connectivity index (χ3v) is 6.06. The van der Waals surface area contributed by atoms with Gasteiger partial charge in [-0.05, 0) is 60.0 Å². The van der Waals surface area contributed by atoms with E-state index >= 15 is 0 Å². The number of benzene rings is 2. The highest BCUT2D eigenvalue weighted by atomic mass is 32.1. The molecule has 30 heavy (non-hydrogen) atoms. The van der Waals surface area contributed by atoms with Crippen molar-refractivity contribution in [2.24, 2.45) is 0 Å². The lowest BCUT2D eigenvalue weighted by molar-refractivity contribution is 0.0985. The molecule has 2 aromatic heterocycles. The van der Waals surface area contributed by atoms with Crippen LogP contribution in [-0.4, -0.2) is 30.0 Å². The molecule has 6 heteroatoms. The first-order chi connectivity index (χ1) is 14.5. The molecular weight excluding hydrogens is 392 g/mol. The molecule has 0 N–H and O–H groups in total. The molecule has 0 saturated heterocycles. The van der Waals surface area contributed by atoms with Crippen molar-refractivity contribution in [2.75, 3.05) is 23.9 Å². The molecule has 0 unspecified atom stereocenters. The van der Waals surface area contributed by atoms with Crippen LogP contribution < -0.4 is 9.80 Å². The van der Waals surface area contributed by atoms with E-state index < -0.39 is 0 Å². The van der Waals surface area contributed by atoms with E-state index in [-0.39, 0.29) is 5.91 Å². The fourth-order valence-electron chi connectivity index (χ4n) is 3.25. The van der Waals surface area contributed by atoms with Gasteiger partial charge in [0.15, 0.2) is 5.13 Å². The fourth-order valence-corrected chi connectivity index (χ4v) is 4.28. The Kier molecular flexibility index (Phi) is 5.77. The molecule has 4 aromatic rings. The summed E-state index contributed by atoms with van der Waals surface area (Å²) in [6, 6.07) is 17.8. The van der Waals surface area contributed by atoms with Gasteiger partial charge in [-0.25, -0.2) is 4.98 Å². The van der Waals surface area contributed by atoms with Crippen molar-refractivity contribution in [3.05, 3.63) is 83.7 Å². The number of fused-ring (bicyclic) bond motifs is 1. The van der Waals surface area contributed by atoms with Crippen LogP contribution in [0.4, 0.5) is 10.8 Å². The number of carbonyl (C=O) groups excluding carboxylic acids is 1. The zero-order valence-corrected chi connectivity index (χ0v) is 18.2. The SMILES string of the molecule is CCc1ccc2nc(N(Cc3cccnc3)C(=O)c3ccc(N(C)C)cc3)sc2c1. The monoisotopic (exact) mass is 416 g/mol. The molecule has 0 fully saturated rings. The van der Waals surface area contributed by atoms with Gasteiger partial charge < -0.3 is 4.90 Å². The fraction of sp³-hybridized carbons (Fsp3) is 0.208. The molecule has 0 radical (unpaired) electrons. The van der Waals surface area contributed by atoms with Crippen molar-refractivity contribution in [1.29, 1.82) is 0 Å². The summed E-state index contributed by atoms with van der Waals surface area (Å²) in [5, 5.41) is 0.698. The number of carbonyl (C=O) groups is 1. The number of pyridine rings is 1. The van der Waals surface area contributed by atoms with Gasteiger partial charge in [0.05, 0.1) is 16.8 Å². The standard InChI is InChI=1S/C24H24N4OS/c1-4-17-7-12-21-22(14-17)30-24(26-21)28(16-18-6-5-13-25-15-18)23(29)19-8-10-20(11-9-19)27(2)3/h5-15H,4,16H2,1-3H3. The van der Waals surface area contributed by atoms with Crippen molar-refractivity contribution < 1.29 is 4.79 Å². The summed E-state index contributed by atoms with van der Waals surface area (Å²) >= 11 is 1.55. The normalized spacial score (nSPS) is 10.9. The smallest absolute Gasteiger partial charge is 0.260 e.